The van der Waals surface area contributed by atoms with Gasteiger partial charge in [-0.25, -0.2) is 4.79 Å². The van der Waals surface area contributed by atoms with E-state index in [9.17, 15) is 14.9 Å². The first-order valence-electron chi connectivity index (χ1n) is 3.13. The summed E-state index contributed by atoms with van der Waals surface area (Å²) in [6.45, 7) is 1.36. The van der Waals surface area contributed by atoms with Crippen LogP contribution in [0.25, 0.3) is 0 Å². The normalized spacial score (nSPS) is 11.0. The highest BCUT2D eigenvalue weighted by Gasteiger charge is 2.08. The molecular weight excluding hydrogens is 186 g/mol. The molecule has 0 aliphatic heterocycles. The first-order chi connectivity index (χ1) is 5.57. The fourth-order valence-corrected chi connectivity index (χ4v) is 0.533. The molecule has 0 aromatic carbocycles. The predicted molar refractivity (Wildman–Crippen MR) is 42.4 cm³/mol. The van der Waals surface area contributed by atoms with Crippen LogP contribution in [0.5, 0.6) is 0 Å². The summed E-state index contributed by atoms with van der Waals surface area (Å²) >= 11 is 5.23. The van der Waals surface area contributed by atoms with Gasteiger partial charge in [0.2, 0.25) is 6.20 Å². The standard InChI is InChI=1S/C6H8ClNO4/c1-5(4-8(10)11)6(9)12-3-2-7/h4H,2-3H2,1H3/b5-4+. The zero-order valence-corrected chi connectivity index (χ0v) is 7.21. The molecule has 0 rings (SSSR count). The molecular formula is C6H8ClNO4. The van der Waals surface area contributed by atoms with Crippen molar-refractivity contribution in [2.24, 2.45) is 0 Å². The van der Waals surface area contributed by atoms with E-state index in [2.05, 4.69) is 4.74 Å². The monoisotopic (exact) mass is 193 g/mol. The lowest BCUT2D eigenvalue weighted by atomic mass is 10.3. The Kier molecular flexibility index (Phi) is 5.03. The predicted octanol–water partition coefficient (Wildman–Crippen LogP) is 0.949. The van der Waals surface area contributed by atoms with Gasteiger partial charge in [-0.1, -0.05) is 0 Å². The molecule has 0 aromatic rings. The van der Waals surface area contributed by atoms with Crippen LogP contribution in [0.1, 0.15) is 6.92 Å². The molecule has 0 aliphatic carbocycles. The molecule has 0 N–H and O–H groups in total. The van der Waals surface area contributed by atoms with E-state index >= 15 is 0 Å². The van der Waals surface area contributed by atoms with E-state index in [1.807, 2.05) is 0 Å². The minimum atomic E-state index is -0.715. The summed E-state index contributed by atoms with van der Waals surface area (Å²) < 4.78 is 4.51. The summed E-state index contributed by atoms with van der Waals surface area (Å²) in [4.78, 5) is 20.0. The van der Waals surface area contributed by atoms with Gasteiger partial charge in [0.15, 0.2) is 0 Å². The molecule has 0 spiro atoms. The average molecular weight is 194 g/mol. The maximum absolute atomic E-state index is 10.8. The second-order valence-corrected chi connectivity index (χ2v) is 2.30. The highest BCUT2D eigenvalue weighted by Crippen LogP contribution is 1.96. The number of carbonyl (C=O) groups excluding carboxylic acids is 1. The number of rotatable bonds is 4. The van der Waals surface area contributed by atoms with Crippen molar-refractivity contribution in [3.8, 4) is 0 Å². The number of hydrogen-bond donors (Lipinski definition) is 0. The fraction of sp³-hybridized carbons (Fsp3) is 0.500. The summed E-state index contributed by atoms with van der Waals surface area (Å²) in [5.74, 6) is -0.537. The van der Waals surface area contributed by atoms with Crippen LogP contribution in [0, 0.1) is 10.1 Å². The Bertz CT molecular complexity index is 214. The van der Waals surface area contributed by atoms with Crippen molar-refractivity contribution in [1.29, 1.82) is 0 Å². The van der Waals surface area contributed by atoms with Crippen molar-refractivity contribution in [2.75, 3.05) is 12.5 Å². The first kappa shape index (κ1) is 10.9. The number of halogens is 1. The Morgan fingerprint density at radius 2 is 2.33 bits per heavy atom. The molecule has 0 heterocycles. The minimum Gasteiger partial charge on any atom is -0.461 e. The van der Waals surface area contributed by atoms with Crippen molar-refractivity contribution >= 4 is 17.6 Å². The summed E-state index contributed by atoms with van der Waals surface area (Å²) in [6, 6.07) is 0. The average Bonchev–Trinajstić information content (AvgIpc) is 1.98. The van der Waals surface area contributed by atoms with Crippen LogP contribution in [-0.2, 0) is 9.53 Å². The third-order valence-electron chi connectivity index (χ3n) is 0.931. The maximum Gasteiger partial charge on any atom is 0.340 e. The largest absolute Gasteiger partial charge is 0.461 e. The lowest BCUT2D eigenvalue weighted by Gasteiger charge is -1.98. The van der Waals surface area contributed by atoms with Gasteiger partial charge >= 0.3 is 5.97 Å². The number of ether oxygens (including phenoxy) is 1. The van der Waals surface area contributed by atoms with E-state index in [-0.39, 0.29) is 18.1 Å². The van der Waals surface area contributed by atoms with E-state index in [1.165, 1.54) is 6.92 Å². The molecule has 0 unspecified atom stereocenters. The van der Waals surface area contributed by atoms with Crippen molar-refractivity contribution < 1.29 is 14.5 Å². The molecule has 0 amide bonds. The highest BCUT2D eigenvalue weighted by molar-refractivity contribution is 6.18. The highest BCUT2D eigenvalue weighted by atomic mass is 35.5. The molecule has 0 bridgehead atoms. The smallest absolute Gasteiger partial charge is 0.340 e. The van der Waals surface area contributed by atoms with Crippen molar-refractivity contribution in [2.45, 2.75) is 6.92 Å². The van der Waals surface area contributed by atoms with Gasteiger partial charge in [0.1, 0.15) is 12.2 Å². The number of carbonyl (C=O) groups is 1. The number of alkyl halides is 1. The van der Waals surface area contributed by atoms with Crippen LogP contribution in [0.4, 0.5) is 0 Å². The molecule has 6 heteroatoms. The van der Waals surface area contributed by atoms with Crippen LogP contribution in [0.3, 0.4) is 0 Å². The molecule has 0 atom stereocenters. The second-order valence-electron chi connectivity index (χ2n) is 1.92. The molecule has 5 nitrogen and oxygen atoms in total. The van der Waals surface area contributed by atoms with Crippen LogP contribution in [-0.4, -0.2) is 23.4 Å². The van der Waals surface area contributed by atoms with Crippen molar-refractivity contribution in [3.63, 3.8) is 0 Å². The molecule has 0 saturated heterocycles. The zero-order chi connectivity index (χ0) is 9.56. The third kappa shape index (κ3) is 4.68. The minimum absolute atomic E-state index is 0.0508. The van der Waals surface area contributed by atoms with Gasteiger partial charge in [0.05, 0.1) is 10.8 Å². The van der Waals surface area contributed by atoms with E-state index in [0.717, 1.165) is 0 Å². The topological polar surface area (TPSA) is 69.4 Å². The Balaban J connectivity index is 4.01. The molecule has 0 aliphatic rings. The van der Waals surface area contributed by atoms with Gasteiger partial charge < -0.3 is 4.74 Å². The first-order valence-corrected chi connectivity index (χ1v) is 3.66. The maximum atomic E-state index is 10.8. The summed E-state index contributed by atoms with van der Waals surface area (Å²) in [6.07, 6.45) is 0.594. The number of nitrogens with zero attached hydrogens (tertiary/aromatic N) is 1. The molecule has 68 valence electrons. The van der Waals surface area contributed by atoms with Crippen LogP contribution < -0.4 is 0 Å². The number of esters is 1. The third-order valence-corrected chi connectivity index (χ3v) is 1.09. The fourth-order valence-electron chi connectivity index (χ4n) is 0.456. The summed E-state index contributed by atoms with van der Waals surface area (Å²) in [5.41, 5.74) is -0.0508. The van der Waals surface area contributed by atoms with Gasteiger partial charge in [-0.2, -0.15) is 0 Å². The van der Waals surface area contributed by atoms with Gasteiger partial charge in [0.25, 0.3) is 0 Å². The SMILES string of the molecule is C/C(=C\[N+](=O)[O-])C(=O)OCCCl. The van der Waals surface area contributed by atoms with E-state index in [1.54, 1.807) is 0 Å². The second kappa shape index (κ2) is 5.54. The molecule has 0 radical (unpaired) electrons. The Labute approximate surface area is 74.1 Å². The number of hydrogen-bond acceptors (Lipinski definition) is 4. The Morgan fingerprint density at radius 1 is 1.75 bits per heavy atom. The van der Waals surface area contributed by atoms with Crippen LogP contribution in [0.15, 0.2) is 11.8 Å². The summed E-state index contributed by atoms with van der Waals surface area (Å²) in [5, 5.41) is 9.88. The van der Waals surface area contributed by atoms with Gasteiger partial charge in [-0.3, -0.25) is 10.1 Å². The molecule has 0 fully saturated rings. The van der Waals surface area contributed by atoms with Gasteiger partial charge in [-0.15, -0.1) is 11.6 Å². The molecule has 0 aromatic heterocycles. The van der Waals surface area contributed by atoms with E-state index in [4.69, 9.17) is 11.6 Å². The number of nitro groups is 1. The lowest BCUT2D eigenvalue weighted by Crippen LogP contribution is -2.08. The summed E-state index contributed by atoms with van der Waals surface area (Å²) in [7, 11) is 0. The molecule has 0 saturated carbocycles. The van der Waals surface area contributed by atoms with Crippen LogP contribution >= 0.6 is 11.6 Å². The van der Waals surface area contributed by atoms with E-state index < -0.39 is 10.9 Å². The Hall–Kier alpha value is -1.10. The Morgan fingerprint density at radius 3 is 2.75 bits per heavy atom. The molecule has 12 heavy (non-hydrogen) atoms. The van der Waals surface area contributed by atoms with Crippen molar-refractivity contribution in [1.82, 2.24) is 0 Å². The zero-order valence-electron chi connectivity index (χ0n) is 6.45. The van der Waals surface area contributed by atoms with Crippen LogP contribution in [0.2, 0.25) is 0 Å². The lowest BCUT2D eigenvalue weighted by molar-refractivity contribution is -0.403. The van der Waals surface area contributed by atoms with E-state index in [0.29, 0.717) is 6.20 Å². The van der Waals surface area contributed by atoms with Gasteiger partial charge in [0, 0.05) is 0 Å². The van der Waals surface area contributed by atoms with Crippen molar-refractivity contribution in [3.05, 3.63) is 21.9 Å². The quantitative estimate of drug-likeness (QED) is 0.219. The van der Waals surface area contributed by atoms with Gasteiger partial charge in [-0.05, 0) is 6.92 Å².